The summed E-state index contributed by atoms with van der Waals surface area (Å²) in [5.41, 5.74) is 6.85. The molecule has 8 nitrogen and oxygen atoms in total. The van der Waals surface area contributed by atoms with Crippen LogP contribution in [0.4, 0.5) is 0 Å². The van der Waals surface area contributed by atoms with Crippen molar-refractivity contribution in [2.24, 2.45) is 5.73 Å². The smallest absolute Gasteiger partial charge is 0.327 e. The molecule has 124 valence electrons. The topological polar surface area (TPSA) is 121 Å². The van der Waals surface area contributed by atoms with Gasteiger partial charge in [-0.1, -0.05) is 30.3 Å². The van der Waals surface area contributed by atoms with Crippen LogP contribution >= 0.6 is 0 Å². The molecule has 2 amide bonds. The molecule has 0 bridgehead atoms. The third-order valence-corrected chi connectivity index (χ3v) is 5.23. The number of nitrogens with two attached hydrogens (primary N) is 1. The lowest BCUT2D eigenvalue weighted by molar-refractivity contribution is -0.152. The summed E-state index contributed by atoms with van der Waals surface area (Å²) < 4.78 is 31.8. The number of nitrogens with zero attached hydrogens (tertiary/aromatic N) is 2. The summed E-state index contributed by atoms with van der Waals surface area (Å²) in [5, 5.41) is 0. The first-order chi connectivity index (χ1) is 10.8. The van der Waals surface area contributed by atoms with Crippen LogP contribution in [-0.4, -0.2) is 58.7 Å². The third kappa shape index (κ3) is 2.71. The Morgan fingerprint density at radius 1 is 1.35 bits per heavy atom. The first kappa shape index (κ1) is 15.9. The fourth-order valence-electron chi connectivity index (χ4n) is 3.23. The molecule has 0 saturated carbocycles. The van der Waals surface area contributed by atoms with Gasteiger partial charge in [0.25, 0.3) is 5.91 Å². The average molecular weight is 339 g/mol. The van der Waals surface area contributed by atoms with Crippen LogP contribution in [0.15, 0.2) is 30.3 Å². The highest BCUT2D eigenvalue weighted by atomic mass is 32.2. The Bertz CT molecular complexity index is 736. The lowest BCUT2D eigenvalue weighted by Crippen LogP contribution is -2.69. The van der Waals surface area contributed by atoms with Crippen molar-refractivity contribution in [1.82, 2.24) is 9.21 Å². The minimum Gasteiger partial charge on any atom is -0.327 e. The Hall–Kier alpha value is -1.97. The highest BCUT2D eigenvalue weighted by Gasteiger charge is 2.60. The summed E-state index contributed by atoms with van der Waals surface area (Å²) in [6.07, 6.45) is 0.643. The molecule has 3 N–H and O–H groups in total. The minimum atomic E-state index is -4.57. The molecule has 3 rings (SSSR count). The minimum absolute atomic E-state index is 0.244. The van der Waals surface area contributed by atoms with Gasteiger partial charge in [-0.2, -0.15) is 8.42 Å². The van der Waals surface area contributed by atoms with Gasteiger partial charge in [0, 0.05) is 6.54 Å². The van der Waals surface area contributed by atoms with Gasteiger partial charge in [-0.15, -0.1) is 0 Å². The van der Waals surface area contributed by atoms with E-state index in [4.69, 9.17) is 10.3 Å². The molecular weight excluding hydrogens is 322 g/mol. The molecule has 2 aliphatic rings. The van der Waals surface area contributed by atoms with Gasteiger partial charge >= 0.3 is 10.3 Å². The molecule has 2 saturated heterocycles. The third-order valence-electron chi connectivity index (χ3n) is 4.28. The SMILES string of the molecule is N[C@H](Cc1ccccc1)C(=O)N1CC[C@@H]2[C@@H]1C(=O)N2S(=O)(=O)O. The van der Waals surface area contributed by atoms with Gasteiger partial charge in [-0.25, -0.2) is 4.31 Å². The normalized spacial score (nSPS) is 25.0. The molecule has 0 unspecified atom stereocenters. The van der Waals surface area contributed by atoms with Gasteiger partial charge in [0.1, 0.15) is 6.04 Å². The van der Waals surface area contributed by atoms with E-state index in [1.54, 1.807) is 0 Å². The van der Waals surface area contributed by atoms with E-state index in [0.717, 1.165) is 5.56 Å². The maximum atomic E-state index is 12.5. The zero-order chi connectivity index (χ0) is 16.8. The van der Waals surface area contributed by atoms with Crippen LogP contribution in [-0.2, 0) is 26.3 Å². The second kappa shape index (κ2) is 5.59. The molecule has 0 spiro atoms. The molecule has 3 atom stereocenters. The number of hydrogen-bond donors (Lipinski definition) is 2. The molecule has 0 radical (unpaired) electrons. The number of benzene rings is 1. The van der Waals surface area contributed by atoms with Gasteiger partial charge < -0.3 is 10.6 Å². The lowest BCUT2D eigenvalue weighted by atomic mass is 9.99. The van der Waals surface area contributed by atoms with E-state index in [0.29, 0.717) is 17.1 Å². The van der Waals surface area contributed by atoms with Gasteiger partial charge in [0.2, 0.25) is 5.91 Å². The summed E-state index contributed by atoms with van der Waals surface area (Å²) in [4.78, 5) is 25.7. The number of carbonyl (C=O) groups excluding carboxylic acids is 2. The number of likely N-dealkylation sites (tertiary alicyclic amines) is 1. The summed E-state index contributed by atoms with van der Waals surface area (Å²) in [5.74, 6) is -1.17. The van der Waals surface area contributed by atoms with Crippen LogP contribution in [0.1, 0.15) is 12.0 Å². The maximum absolute atomic E-state index is 12.5. The Morgan fingerprint density at radius 3 is 2.61 bits per heavy atom. The Labute approximate surface area is 133 Å². The highest BCUT2D eigenvalue weighted by Crippen LogP contribution is 2.35. The molecule has 0 aromatic heterocycles. The van der Waals surface area contributed by atoms with Crippen molar-refractivity contribution in [3.63, 3.8) is 0 Å². The number of carbonyl (C=O) groups is 2. The fourth-order valence-corrected chi connectivity index (χ4v) is 4.13. The van der Waals surface area contributed by atoms with E-state index in [2.05, 4.69) is 0 Å². The number of hydrogen-bond acceptors (Lipinski definition) is 5. The fraction of sp³-hybridized carbons (Fsp3) is 0.429. The summed E-state index contributed by atoms with van der Waals surface area (Å²) in [6, 6.07) is 6.93. The first-order valence-electron chi connectivity index (χ1n) is 7.21. The second-order valence-electron chi connectivity index (χ2n) is 5.74. The predicted molar refractivity (Wildman–Crippen MR) is 80.4 cm³/mol. The van der Waals surface area contributed by atoms with E-state index < -0.39 is 34.3 Å². The van der Waals surface area contributed by atoms with Crippen LogP contribution in [0.5, 0.6) is 0 Å². The Balaban J connectivity index is 1.69. The van der Waals surface area contributed by atoms with Crippen LogP contribution in [0.3, 0.4) is 0 Å². The van der Waals surface area contributed by atoms with Crippen molar-refractivity contribution in [1.29, 1.82) is 0 Å². The number of β-lactam (4-membered cyclic amide) rings is 1. The van der Waals surface area contributed by atoms with E-state index in [1.165, 1.54) is 4.90 Å². The van der Waals surface area contributed by atoms with Gasteiger partial charge in [-0.3, -0.25) is 14.1 Å². The van der Waals surface area contributed by atoms with E-state index >= 15 is 0 Å². The maximum Gasteiger partial charge on any atom is 0.362 e. The van der Waals surface area contributed by atoms with Crippen LogP contribution in [0.2, 0.25) is 0 Å². The van der Waals surface area contributed by atoms with Crippen LogP contribution in [0.25, 0.3) is 0 Å². The van der Waals surface area contributed by atoms with Crippen molar-refractivity contribution in [3.05, 3.63) is 35.9 Å². The monoisotopic (exact) mass is 339 g/mol. The average Bonchev–Trinajstić information content (AvgIpc) is 2.84. The van der Waals surface area contributed by atoms with Crippen molar-refractivity contribution in [2.75, 3.05) is 6.54 Å². The lowest BCUT2D eigenvalue weighted by Gasteiger charge is -2.42. The van der Waals surface area contributed by atoms with Crippen LogP contribution < -0.4 is 5.73 Å². The highest BCUT2D eigenvalue weighted by molar-refractivity contribution is 7.84. The van der Waals surface area contributed by atoms with Crippen molar-refractivity contribution < 1.29 is 22.6 Å². The predicted octanol–water partition coefficient (Wildman–Crippen LogP) is -0.829. The molecule has 2 heterocycles. The zero-order valence-electron chi connectivity index (χ0n) is 12.2. The van der Waals surface area contributed by atoms with Gasteiger partial charge in [-0.05, 0) is 18.4 Å². The standard InChI is InChI=1S/C14H17N3O5S/c15-10(8-9-4-2-1-3-5-9)13(18)16-7-6-11-12(16)14(19)17(11)23(20,21)22/h1-5,10-12H,6-8,15H2,(H,20,21,22)/t10-,11-,12-/m1/s1. The van der Waals surface area contributed by atoms with Crippen LogP contribution in [0, 0.1) is 0 Å². The Morgan fingerprint density at radius 2 is 2.00 bits per heavy atom. The van der Waals surface area contributed by atoms with E-state index in [9.17, 15) is 18.0 Å². The van der Waals surface area contributed by atoms with Gasteiger partial charge in [0.15, 0.2) is 0 Å². The molecule has 9 heteroatoms. The van der Waals surface area contributed by atoms with E-state index in [-0.39, 0.29) is 12.5 Å². The molecule has 23 heavy (non-hydrogen) atoms. The van der Waals surface area contributed by atoms with Crippen molar-refractivity contribution in [3.8, 4) is 0 Å². The Kier molecular flexibility index (Phi) is 3.86. The zero-order valence-corrected chi connectivity index (χ0v) is 13.0. The van der Waals surface area contributed by atoms with Crippen molar-refractivity contribution in [2.45, 2.75) is 31.0 Å². The molecular formula is C14H17N3O5S. The number of amides is 2. The molecule has 0 aliphatic carbocycles. The van der Waals surface area contributed by atoms with E-state index in [1.807, 2.05) is 30.3 Å². The largest absolute Gasteiger partial charge is 0.362 e. The molecule has 1 aromatic rings. The molecule has 2 fully saturated rings. The van der Waals surface area contributed by atoms with Crippen molar-refractivity contribution >= 4 is 22.1 Å². The number of rotatable bonds is 4. The quantitative estimate of drug-likeness (QED) is 0.546. The molecule has 1 aromatic carbocycles. The summed E-state index contributed by atoms with van der Waals surface area (Å²) >= 11 is 0. The summed E-state index contributed by atoms with van der Waals surface area (Å²) in [7, 11) is -4.57. The first-order valence-corrected chi connectivity index (χ1v) is 8.61. The van der Waals surface area contributed by atoms with Gasteiger partial charge in [0.05, 0.1) is 12.1 Å². The number of fused-ring (bicyclic) bond motifs is 1. The summed E-state index contributed by atoms with van der Waals surface area (Å²) in [6.45, 7) is 0.244. The molecule has 2 aliphatic heterocycles. The second-order valence-corrected chi connectivity index (χ2v) is 7.03.